The number of hydrogen-bond donors (Lipinski definition) is 2. The number of hydrogen-bond acceptors (Lipinski definition) is 7. The van der Waals surface area contributed by atoms with Crippen LogP contribution in [-0.2, 0) is 14.3 Å². The van der Waals surface area contributed by atoms with E-state index in [2.05, 4.69) is 47.3 Å². The zero-order chi connectivity index (χ0) is 26.0. The molecule has 2 fully saturated rings. The fourth-order valence-electron chi connectivity index (χ4n) is 4.23. The van der Waals surface area contributed by atoms with E-state index in [1.165, 1.54) is 0 Å². The number of nitrogens with zero attached hydrogens (tertiary/aromatic N) is 3. The Labute approximate surface area is 218 Å². The molecule has 0 saturated carbocycles. The van der Waals surface area contributed by atoms with E-state index in [4.69, 9.17) is 14.3 Å². The molecule has 2 heterocycles. The zero-order valence-corrected chi connectivity index (χ0v) is 21.8. The SMILES string of the molecule is CC/C=C(/N=C\C=C(/C)c1cc([NH2+]OC)cc(N2CCOCC2)c1)Nc1ccc(N2CCOC2=O)cc1. The summed E-state index contributed by atoms with van der Waals surface area (Å²) in [5, 5.41) is 3.36. The van der Waals surface area contributed by atoms with Crippen LogP contribution in [0.4, 0.5) is 27.5 Å². The summed E-state index contributed by atoms with van der Waals surface area (Å²) in [6, 6.07) is 14.1. The number of quaternary nitrogens is 1. The Morgan fingerprint density at radius 2 is 1.89 bits per heavy atom. The van der Waals surface area contributed by atoms with Gasteiger partial charge in [0.25, 0.3) is 0 Å². The molecule has 4 rings (SSSR count). The number of aliphatic imine (C=N–C) groups is 1. The first-order chi connectivity index (χ1) is 18.1. The van der Waals surface area contributed by atoms with Crippen LogP contribution in [0.3, 0.4) is 0 Å². The summed E-state index contributed by atoms with van der Waals surface area (Å²) in [7, 11) is 1.67. The average molecular weight is 507 g/mol. The van der Waals surface area contributed by atoms with Crippen molar-refractivity contribution in [2.45, 2.75) is 20.3 Å². The number of benzene rings is 2. The molecule has 0 atom stereocenters. The number of anilines is 3. The number of nitrogens with two attached hydrogens (primary N) is 1. The first-order valence-electron chi connectivity index (χ1n) is 12.6. The molecule has 196 valence electrons. The van der Waals surface area contributed by atoms with Gasteiger partial charge in [-0.2, -0.15) is 5.48 Å². The number of allylic oxidation sites excluding steroid dienone is 3. The molecule has 2 aromatic carbocycles. The van der Waals surface area contributed by atoms with E-state index < -0.39 is 0 Å². The third-order valence-corrected chi connectivity index (χ3v) is 6.17. The highest BCUT2D eigenvalue weighted by molar-refractivity contribution is 5.89. The Kier molecular flexibility index (Phi) is 9.31. The molecule has 2 aromatic rings. The van der Waals surface area contributed by atoms with Crippen LogP contribution in [0.5, 0.6) is 0 Å². The van der Waals surface area contributed by atoms with Gasteiger partial charge in [0.1, 0.15) is 12.4 Å². The lowest BCUT2D eigenvalue weighted by Gasteiger charge is -2.29. The number of carbonyl (C=O) groups is 1. The van der Waals surface area contributed by atoms with Crippen LogP contribution < -0.4 is 20.6 Å². The molecule has 1 amide bonds. The van der Waals surface area contributed by atoms with Crippen LogP contribution in [-0.4, -0.2) is 58.9 Å². The number of morpholine rings is 1. The second-order valence-corrected chi connectivity index (χ2v) is 8.83. The van der Waals surface area contributed by atoms with Gasteiger partial charge in [0.05, 0.1) is 26.9 Å². The fourth-order valence-corrected chi connectivity index (χ4v) is 4.23. The maximum Gasteiger partial charge on any atom is 0.414 e. The smallest absolute Gasteiger partial charge is 0.414 e. The summed E-state index contributed by atoms with van der Waals surface area (Å²) in [6.07, 6.45) is 6.41. The fraction of sp³-hybridized carbons (Fsp3) is 0.357. The predicted molar refractivity (Wildman–Crippen MR) is 147 cm³/mol. The molecular formula is C28H36N5O4+. The maximum absolute atomic E-state index is 11.8. The molecular weight excluding hydrogens is 470 g/mol. The third-order valence-electron chi connectivity index (χ3n) is 6.17. The summed E-state index contributed by atoms with van der Waals surface area (Å²) in [6.45, 7) is 8.38. The molecule has 0 unspecified atom stereocenters. The van der Waals surface area contributed by atoms with E-state index in [0.717, 1.165) is 72.4 Å². The number of rotatable bonds is 10. The number of amides is 1. The Morgan fingerprint density at radius 3 is 2.57 bits per heavy atom. The number of cyclic esters (lactones) is 1. The van der Waals surface area contributed by atoms with Crippen LogP contribution in [0.1, 0.15) is 25.8 Å². The average Bonchev–Trinajstić information content (AvgIpc) is 3.35. The predicted octanol–water partition coefficient (Wildman–Crippen LogP) is 4.07. The van der Waals surface area contributed by atoms with Gasteiger partial charge < -0.3 is 19.7 Å². The standard InChI is InChI=1S/C28H35N5O4/c1-4-5-27(30-23-6-8-25(9-7-23)33-14-17-37-28(33)34)29-11-10-21(2)22-18-24(31-35-3)20-26(19-22)32-12-15-36-16-13-32/h5-11,18-20,30-31H,4,12-17H2,1-3H3/p+1/b21-10+,27-5-,29-11-. The minimum atomic E-state index is -0.304. The topological polar surface area (TPSA) is 92.2 Å². The van der Waals surface area contributed by atoms with E-state index in [1.54, 1.807) is 17.5 Å². The van der Waals surface area contributed by atoms with Crippen LogP contribution in [0, 0.1) is 0 Å². The highest BCUT2D eigenvalue weighted by Gasteiger charge is 2.23. The van der Waals surface area contributed by atoms with Crippen molar-refractivity contribution in [3.05, 3.63) is 66.0 Å². The van der Waals surface area contributed by atoms with Crippen molar-refractivity contribution in [3.63, 3.8) is 0 Å². The van der Waals surface area contributed by atoms with Crippen LogP contribution in [0.2, 0.25) is 0 Å². The zero-order valence-electron chi connectivity index (χ0n) is 21.8. The third kappa shape index (κ3) is 7.19. The van der Waals surface area contributed by atoms with Crippen LogP contribution >= 0.6 is 0 Å². The molecule has 0 aromatic heterocycles. The second kappa shape index (κ2) is 13.0. The molecule has 37 heavy (non-hydrogen) atoms. The van der Waals surface area contributed by atoms with E-state index in [1.807, 2.05) is 42.6 Å². The van der Waals surface area contributed by atoms with E-state index in [-0.39, 0.29) is 6.09 Å². The molecule has 9 nitrogen and oxygen atoms in total. The lowest BCUT2D eigenvalue weighted by molar-refractivity contribution is -0.830. The maximum atomic E-state index is 11.8. The Bertz CT molecular complexity index is 1150. The van der Waals surface area contributed by atoms with Gasteiger partial charge in [-0.05, 0) is 67.0 Å². The number of nitrogens with one attached hydrogen (secondary N) is 1. The van der Waals surface area contributed by atoms with Gasteiger partial charge in [0, 0.05) is 48.5 Å². The van der Waals surface area contributed by atoms with Crippen LogP contribution in [0.15, 0.2) is 65.4 Å². The molecule has 0 radical (unpaired) electrons. The van der Waals surface area contributed by atoms with Gasteiger partial charge in [-0.25, -0.2) is 14.6 Å². The molecule has 0 spiro atoms. The highest BCUT2D eigenvalue weighted by atomic mass is 16.6. The Hall–Kier alpha value is -3.66. The normalized spacial score (nSPS) is 17.0. The van der Waals surface area contributed by atoms with Crippen molar-refractivity contribution >= 4 is 40.6 Å². The van der Waals surface area contributed by atoms with E-state index in [9.17, 15) is 4.79 Å². The first-order valence-corrected chi connectivity index (χ1v) is 12.6. The lowest BCUT2D eigenvalue weighted by atomic mass is 10.0. The van der Waals surface area contributed by atoms with Gasteiger partial charge in [-0.3, -0.25) is 4.90 Å². The summed E-state index contributed by atoms with van der Waals surface area (Å²) >= 11 is 0. The van der Waals surface area contributed by atoms with Gasteiger partial charge in [0.15, 0.2) is 5.69 Å². The van der Waals surface area contributed by atoms with Crippen molar-refractivity contribution < 1.29 is 24.6 Å². The quantitative estimate of drug-likeness (QED) is 0.287. The van der Waals surface area contributed by atoms with Gasteiger partial charge in [-0.1, -0.05) is 6.92 Å². The van der Waals surface area contributed by atoms with Gasteiger partial charge >= 0.3 is 6.09 Å². The Balaban J connectivity index is 1.46. The number of ether oxygens (including phenoxy) is 2. The lowest BCUT2D eigenvalue weighted by Crippen LogP contribution is -2.76. The van der Waals surface area contributed by atoms with Crippen molar-refractivity contribution in [1.29, 1.82) is 0 Å². The van der Waals surface area contributed by atoms with Crippen molar-refractivity contribution in [1.82, 2.24) is 0 Å². The van der Waals surface area contributed by atoms with Crippen molar-refractivity contribution in [2.24, 2.45) is 4.99 Å². The summed E-state index contributed by atoms with van der Waals surface area (Å²) in [5.74, 6) is 0.760. The minimum Gasteiger partial charge on any atom is -0.447 e. The second-order valence-electron chi connectivity index (χ2n) is 8.83. The molecule has 2 aliphatic rings. The number of carbonyl (C=O) groups excluding carboxylic acids is 1. The minimum absolute atomic E-state index is 0.304. The summed E-state index contributed by atoms with van der Waals surface area (Å²) < 4.78 is 10.5. The van der Waals surface area contributed by atoms with E-state index >= 15 is 0 Å². The molecule has 9 heteroatoms. The summed E-state index contributed by atoms with van der Waals surface area (Å²) in [4.78, 5) is 25.7. The largest absolute Gasteiger partial charge is 0.447 e. The van der Waals surface area contributed by atoms with Crippen molar-refractivity contribution in [3.8, 4) is 0 Å². The first kappa shape index (κ1) is 26.4. The van der Waals surface area contributed by atoms with Crippen molar-refractivity contribution in [2.75, 3.05) is 61.7 Å². The highest BCUT2D eigenvalue weighted by Crippen LogP contribution is 2.26. The molecule has 2 aliphatic heterocycles. The van der Waals surface area contributed by atoms with Gasteiger partial charge in [0.2, 0.25) is 0 Å². The molecule has 0 bridgehead atoms. The molecule has 0 aliphatic carbocycles. The Morgan fingerprint density at radius 1 is 1.11 bits per heavy atom. The van der Waals surface area contributed by atoms with E-state index in [0.29, 0.717) is 13.2 Å². The monoisotopic (exact) mass is 506 g/mol. The molecule has 3 N–H and O–H groups in total. The van der Waals surface area contributed by atoms with Gasteiger partial charge in [-0.15, -0.1) is 0 Å². The summed E-state index contributed by atoms with van der Waals surface area (Å²) in [5.41, 5.74) is 7.87. The molecule has 2 saturated heterocycles. The van der Waals surface area contributed by atoms with Crippen LogP contribution in [0.25, 0.3) is 5.57 Å².